The highest BCUT2D eigenvalue weighted by Crippen LogP contribution is 2.36. The van der Waals surface area contributed by atoms with Crippen LogP contribution in [-0.2, 0) is 6.54 Å². The Morgan fingerprint density at radius 3 is 2.72 bits per heavy atom. The molecule has 1 aliphatic rings. The molecule has 1 aromatic rings. The largest absolute Gasteiger partial charge is 0.356 e. The standard InChI is InChI=1S/C15H25N3/c1-11-5-7-17-14(13(11)9-16)18-8-6-12(10-18)15(2,3)4/h5,7,12H,6,8-10,16H2,1-4H3. The lowest BCUT2D eigenvalue weighted by atomic mass is 9.80. The zero-order valence-corrected chi connectivity index (χ0v) is 12.0. The molecular weight excluding hydrogens is 222 g/mol. The first-order valence-electron chi connectivity index (χ1n) is 6.83. The Labute approximate surface area is 110 Å². The zero-order chi connectivity index (χ0) is 13.3. The van der Waals surface area contributed by atoms with Crippen LogP contribution in [0.3, 0.4) is 0 Å². The predicted octanol–water partition coefficient (Wildman–Crippen LogP) is 2.72. The average Bonchev–Trinajstić information content (AvgIpc) is 2.77. The maximum absolute atomic E-state index is 5.87. The summed E-state index contributed by atoms with van der Waals surface area (Å²) in [4.78, 5) is 6.96. The van der Waals surface area contributed by atoms with Gasteiger partial charge < -0.3 is 10.6 Å². The molecule has 0 aliphatic carbocycles. The van der Waals surface area contributed by atoms with Gasteiger partial charge in [-0.25, -0.2) is 4.98 Å². The van der Waals surface area contributed by atoms with Gasteiger partial charge in [0.1, 0.15) is 5.82 Å². The summed E-state index contributed by atoms with van der Waals surface area (Å²) in [5, 5.41) is 0. The molecule has 2 N–H and O–H groups in total. The first-order chi connectivity index (χ1) is 8.43. The number of aromatic nitrogens is 1. The van der Waals surface area contributed by atoms with Gasteiger partial charge in [0.05, 0.1) is 0 Å². The van der Waals surface area contributed by atoms with Gasteiger partial charge in [-0.05, 0) is 36.3 Å². The van der Waals surface area contributed by atoms with Crippen molar-refractivity contribution in [2.75, 3.05) is 18.0 Å². The maximum Gasteiger partial charge on any atom is 0.133 e. The van der Waals surface area contributed by atoms with Crippen molar-refractivity contribution in [1.82, 2.24) is 4.98 Å². The summed E-state index contributed by atoms with van der Waals surface area (Å²) >= 11 is 0. The molecular formula is C15H25N3. The van der Waals surface area contributed by atoms with Crippen molar-refractivity contribution in [2.24, 2.45) is 17.1 Å². The molecule has 1 aliphatic heterocycles. The molecule has 100 valence electrons. The molecule has 0 amide bonds. The number of pyridine rings is 1. The van der Waals surface area contributed by atoms with E-state index in [-0.39, 0.29) is 0 Å². The van der Waals surface area contributed by atoms with Crippen molar-refractivity contribution in [2.45, 2.75) is 40.7 Å². The van der Waals surface area contributed by atoms with E-state index in [1.165, 1.54) is 17.5 Å². The number of nitrogens with zero attached hydrogens (tertiary/aromatic N) is 2. The lowest BCUT2D eigenvalue weighted by Gasteiger charge is -2.28. The van der Waals surface area contributed by atoms with E-state index in [4.69, 9.17) is 5.73 Å². The van der Waals surface area contributed by atoms with E-state index in [0.717, 1.165) is 24.8 Å². The summed E-state index contributed by atoms with van der Waals surface area (Å²) in [7, 11) is 0. The first kappa shape index (κ1) is 13.3. The minimum absolute atomic E-state index is 0.376. The van der Waals surface area contributed by atoms with E-state index in [1.807, 2.05) is 12.3 Å². The van der Waals surface area contributed by atoms with Crippen LogP contribution in [-0.4, -0.2) is 18.1 Å². The molecule has 0 bridgehead atoms. The number of nitrogens with two attached hydrogens (primary N) is 1. The molecule has 0 radical (unpaired) electrons. The quantitative estimate of drug-likeness (QED) is 0.873. The van der Waals surface area contributed by atoms with Crippen molar-refractivity contribution in [3.8, 4) is 0 Å². The third-order valence-corrected chi connectivity index (χ3v) is 4.18. The Balaban J connectivity index is 2.22. The van der Waals surface area contributed by atoms with Crippen LogP contribution in [0.5, 0.6) is 0 Å². The van der Waals surface area contributed by atoms with Gasteiger partial charge in [0.2, 0.25) is 0 Å². The average molecular weight is 247 g/mol. The third kappa shape index (κ3) is 2.51. The highest BCUT2D eigenvalue weighted by molar-refractivity contribution is 5.51. The Kier molecular flexibility index (Phi) is 3.62. The normalized spacial score (nSPS) is 20.5. The summed E-state index contributed by atoms with van der Waals surface area (Å²) in [5.41, 5.74) is 8.70. The first-order valence-corrected chi connectivity index (χ1v) is 6.83. The van der Waals surface area contributed by atoms with Crippen molar-refractivity contribution < 1.29 is 0 Å². The molecule has 1 unspecified atom stereocenters. The van der Waals surface area contributed by atoms with Crippen LogP contribution < -0.4 is 10.6 Å². The SMILES string of the molecule is Cc1ccnc(N2CCC(C(C)(C)C)C2)c1CN. The Morgan fingerprint density at radius 2 is 2.17 bits per heavy atom. The number of anilines is 1. The minimum Gasteiger partial charge on any atom is -0.356 e. The smallest absolute Gasteiger partial charge is 0.133 e. The van der Waals surface area contributed by atoms with Crippen molar-refractivity contribution in [3.63, 3.8) is 0 Å². The Bertz CT molecular complexity index is 420. The van der Waals surface area contributed by atoms with Gasteiger partial charge in [-0.1, -0.05) is 20.8 Å². The van der Waals surface area contributed by atoms with Crippen molar-refractivity contribution in [1.29, 1.82) is 0 Å². The third-order valence-electron chi connectivity index (χ3n) is 4.18. The molecule has 1 aromatic heterocycles. The monoisotopic (exact) mass is 247 g/mol. The highest BCUT2D eigenvalue weighted by atomic mass is 15.2. The predicted molar refractivity (Wildman–Crippen MR) is 76.6 cm³/mol. The summed E-state index contributed by atoms with van der Waals surface area (Å²) in [6.45, 7) is 11.9. The molecule has 1 saturated heterocycles. The van der Waals surface area contributed by atoms with Gasteiger partial charge in [0.15, 0.2) is 0 Å². The molecule has 2 rings (SSSR count). The second-order valence-electron chi connectivity index (χ2n) is 6.43. The summed E-state index contributed by atoms with van der Waals surface area (Å²) in [6, 6.07) is 2.04. The van der Waals surface area contributed by atoms with Gasteiger partial charge in [0, 0.05) is 31.4 Å². The fourth-order valence-electron chi connectivity index (χ4n) is 2.76. The molecule has 18 heavy (non-hydrogen) atoms. The number of rotatable bonds is 2. The Hall–Kier alpha value is -1.09. The zero-order valence-electron chi connectivity index (χ0n) is 12.0. The number of hydrogen-bond acceptors (Lipinski definition) is 3. The fourth-order valence-corrected chi connectivity index (χ4v) is 2.76. The van der Waals surface area contributed by atoms with E-state index in [1.54, 1.807) is 0 Å². The lowest BCUT2D eigenvalue weighted by Crippen LogP contribution is -2.27. The van der Waals surface area contributed by atoms with Crippen LogP contribution in [0.2, 0.25) is 0 Å². The van der Waals surface area contributed by atoms with Crippen LogP contribution in [0.4, 0.5) is 5.82 Å². The van der Waals surface area contributed by atoms with Gasteiger partial charge >= 0.3 is 0 Å². The van der Waals surface area contributed by atoms with Gasteiger partial charge in [-0.15, -0.1) is 0 Å². The maximum atomic E-state index is 5.87. The second-order valence-corrected chi connectivity index (χ2v) is 6.43. The lowest BCUT2D eigenvalue weighted by molar-refractivity contribution is 0.263. The van der Waals surface area contributed by atoms with Crippen LogP contribution in [0.25, 0.3) is 0 Å². The van der Waals surface area contributed by atoms with E-state index >= 15 is 0 Å². The Morgan fingerprint density at radius 1 is 1.44 bits per heavy atom. The molecule has 0 spiro atoms. The van der Waals surface area contributed by atoms with Gasteiger partial charge in [-0.3, -0.25) is 0 Å². The number of aryl methyl sites for hydroxylation is 1. The highest BCUT2D eigenvalue weighted by Gasteiger charge is 2.32. The van der Waals surface area contributed by atoms with E-state index in [9.17, 15) is 0 Å². The minimum atomic E-state index is 0.376. The summed E-state index contributed by atoms with van der Waals surface area (Å²) < 4.78 is 0. The molecule has 1 atom stereocenters. The van der Waals surface area contributed by atoms with Crippen LogP contribution in [0.1, 0.15) is 38.3 Å². The van der Waals surface area contributed by atoms with Crippen LogP contribution >= 0.6 is 0 Å². The second kappa shape index (κ2) is 4.88. The molecule has 0 aromatic carbocycles. The van der Waals surface area contributed by atoms with E-state index < -0.39 is 0 Å². The molecule has 2 heterocycles. The fraction of sp³-hybridized carbons (Fsp3) is 0.667. The van der Waals surface area contributed by atoms with Gasteiger partial charge in [-0.2, -0.15) is 0 Å². The van der Waals surface area contributed by atoms with Crippen LogP contribution in [0, 0.1) is 18.3 Å². The summed E-state index contributed by atoms with van der Waals surface area (Å²) in [6.07, 6.45) is 3.15. The van der Waals surface area contributed by atoms with E-state index in [0.29, 0.717) is 12.0 Å². The molecule has 1 fully saturated rings. The van der Waals surface area contributed by atoms with Crippen molar-refractivity contribution in [3.05, 3.63) is 23.4 Å². The topological polar surface area (TPSA) is 42.2 Å². The van der Waals surface area contributed by atoms with Crippen LogP contribution in [0.15, 0.2) is 12.3 Å². The summed E-state index contributed by atoms with van der Waals surface area (Å²) in [5.74, 6) is 1.84. The number of hydrogen-bond donors (Lipinski definition) is 1. The van der Waals surface area contributed by atoms with Gasteiger partial charge in [0.25, 0.3) is 0 Å². The molecule has 3 heteroatoms. The molecule has 3 nitrogen and oxygen atoms in total. The van der Waals surface area contributed by atoms with E-state index in [2.05, 4.69) is 37.6 Å². The molecule has 0 saturated carbocycles. The van der Waals surface area contributed by atoms with Crippen molar-refractivity contribution >= 4 is 5.82 Å².